The fourth-order valence-corrected chi connectivity index (χ4v) is 1.74. The van der Waals surface area contributed by atoms with Gasteiger partial charge < -0.3 is 5.73 Å². The van der Waals surface area contributed by atoms with Crippen molar-refractivity contribution >= 4 is 0 Å². The summed E-state index contributed by atoms with van der Waals surface area (Å²) in [5.41, 5.74) is 5.25. The molecular weight excluding hydrogens is 243 g/mol. The molecule has 0 saturated heterocycles. The molecule has 1 aromatic carbocycles. The highest BCUT2D eigenvalue weighted by atomic mass is 19.4. The molecule has 0 atom stereocenters. The quantitative estimate of drug-likeness (QED) is 0.915. The monoisotopic (exact) mass is 255 g/mol. The highest BCUT2D eigenvalue weighted by Crippen LogP contribution is 2.34. The highest BCUT2D eigenvalue weighted by Gasteiger charge is 2.34. The van der Waals surface area contributed by atoms with Crippen molar-refractivity contribution in [1.29, 1.82) is 0 Å². The van der Waals surface area contributed by atoms with E-state index in [1.807, 2.05) is 0 Å². The van der Waals surface area contributed by atoms with Gasteiger partial charge in [-0.3, -0.25) is 0 Å². The van der Waals surface area contributed by atoms with Gasteiger partial charge >= 0.3 is 6.18 Å². The second-order valence-corrected chi connectivity index (χ2v) is 3.84. The fourth-order valence-electron chi connectivity index (χ4n) is 1.74. The molecule has 2 N–H and O–H groups in total. The van der Waals surface area contributed by atoms with Crippen molar-refractivity contribution in [2.45, 2.75) is 12.6 Å². The first-order chi connectivity index (χ1) is 8.52. The molecule has 0 spiro atoms. The minimum Gasteiger partial charge on any atom is -0.330 e. The molecule has 2 aromatic rings. The molecule has 18 heavy (non-hydrogen) atoms. The summed E-state index contributed by atoms with van der Waals surface area (Å²) in [6, 6.07) is 5.76. The number of halogens is 3. The third-order valence-electron chi connectivity index (χ3n) is 2.55. The molecule has 96 valence electrons. The van der Waals surface area contributed by atoms with E-state index in [2.05, 4.69) is 5.10 Å². The topological polar surface area (TPSA) is 43.8 Å². The van der Waals surface area contributed by atoms with Crippen LogP contribution in [-0.4, -0.2) is 16.3 Å². The molecule has 0 aliphatic heterocycles. The number of nitrogens with zero attached hydrogens (tertiary/aromatic N) is 2. The molecule has 0 unspecified atom stereocenters. The summed E-state index contributed by atoms with van der Waals surface area (Å²) in [6.07, 6.45) is -1.07. The first-order valence-corrected chi connectivity index (χ1v) is 5.42. The zero-order chi connectivity index (χ0) is 13.2. The van der Waals surface area contributed by atoms with Gasteiger partial charge in [0.25, 0.3) is 0 Å². The zero-order valence-electron chi connectivity index (χ0n) is 9.48. The average Bonchev–Trinajstić information content (AvgIpc) is 2.81. The summed E-state index contributed by atoms with van der Waals surface area (Å²) in [5, 5.41) is 3.83. The molecule has 1 heterocycles. The van der Waals surface area contributed by atoms with E-state index in [0.29, 0.717) is 18.5 Å². The van der Waals surface area contributed by atoms with Crippen molar-refractivity contribution in [3.63, 3.8) is 0 Å². The Labute approximate surface area is 102 Å². The lowest BCUT2D eigenvalue weighted by atomic mass is 10.1. The van der Waals surface area contributed by atoms with Crippen molar-refractivity contribution < 1.29 is 13.2 Å². The van der Waals surface area contributed by atoms with Gasteiger partial charge in [0.2, 0.25) is 0 Å². The SMILES string of the molecule is NCCc1ccc(-n2cccn2)c(C(F)(F)F)c1. The predicted octanol–water partition coefficient (Wildman–Crippen LogP) is 2.39. The standard InChI is InChI=1S/C12H12F3N3/c13-12(14,15)10-8-9(4-5-16)2-3-11(10)18-7-1-6-17-18/h1-3,6-8H,4-5,16H2. The Morgan fingerprint density at radius 2 is 2.06 bits per heavy atom. The van der Waals surface area contributed by atoms with Gasteiger partial charge in [-0.25, -0.2) is 4.68 Å². The van der Waals surface area contributed by atoms with E-state index in [1.165, 1.54) is 23.1 Å². The third-order valence-corrected chi connectivity index (χ3v) is 2.55. The fraction of sp³-hybridized carbons (Fsp3) is 0.250. The van der Waals surface area contributed by atoms with Crippen LogP contribution in [-0.2, 0) is 12.6 Å². The largest absolute Gasteiger partial charge is 0.418 e. The lowest BCUT2D eigenvalue weighted by Crippen LogP contribution is -2.13. The average molecular weight is 255 g/mol. The zero-order valence-corrected chi connectivity index (χ0v) is 9.48. The molecule has 3 nitrogen and oxygen atoms in total. The second-order valence-electron chi connectivity index (χ2n) is 3.84. The molecular formula is C12H12F3N3. The van der Waals surface area contributed by atoms with Crippen LogP contribution >= 0.6 is 0 Å². The van der Waals surface area contributed by atoms with Crippen LogP contribution < -0.4 is 5.73 Å². The van der Waals surface area contributed by atoms with E-state index in [1.54, 1.807) is 12.1 Å². The third kappa shape index (κ3) is 2.53. The van der Waals surface area contributed by atoms with E-state index < -0.39 is 11.7 Å². The maximum Gasteiger partial charge on any atom is 0.418 e. The van der Waals surface area contributed by atoms with E-state index in [9.17, 15) is 13.2 Å². The Bertz CT molecular complexity index is 518. The summed E-state index contributed by atoms with van der Waals surface area (Å²) in [6.45, 7) is 0.318. The number of rotatable bonds is 3. The Hall–Kier alpha value is -1.82. The lowest BCUT2D eigenvalue weighted by Gasteiger charge is -2.14. The van der Waals surface area contributed by atoms with Gasteiger partial charge in [-0.1, -0.05) is 6.07 Å². The van der Waals surface area contributed by atoms with Gasteiger partial charge in [0.1, 0.15) is 0 Å². The molecule has 6 heteroatoms. The van der Waals surface area contributed by atoms with Gasteiger partial charge in [-0.2, -0.15) is 18.3 Å². The lowest BCUT2D eigenvalue weighted by molar-refractivity contribution is -0.137. The number of hydrogen-bond acceptors (Lipinski definition) is 2. The molecule has 0 amide bonds. The van der Waals surface area contributed by atoms with Crippen LogP contribution in [0.25, 0.3) is 5.69 Å². The molecule has 0 bridgehead atoms. The minimum atomic E-state index is -4.41. The van der Waals surface area contributed by atoms with E-state index in [-0.39, 0.29) is 5.69 Å². The number of aromatic nitrogens is 2. The van der Waals surface area contributed by atoms with Gasteiger partial charge in [-0.05, 0) is 36.7 Å². The highest BCUT2D eigenvalue weighted by molar-refractivity contribution is 5.44. The van der Waals surface area contributed by atoms with Crippen molar-refractivity contribution in [3.05, 3.63) is 47.8 Å². The number of alkyl halides is 3. The van der Waals surface area contributed by atoms with Crippen LogP contribution in [0.1, 0.15) is 11.1 Å². The molecule has 0 fully saturated rings. The summed E-state index contributed by atoms with van der Waals surface area (Å²) in [7, 11) is 0. The summed E-state index contributed by atoms with van der Waals surface area (Å²) in [4.78, 5) is 0. The normalized spacial score (nSPS) is 11.8. The van der Waals surface area contributed by atoms with Crippen molar-refractivity contribution in [2.75, 3.05) is 6.54 Å². The number of hydrogen-bond donors (Lipinski definition) is 1. The molecule has 0 aliphatic rings. The Balaban J connectivity index is 2.53. The molecule has 0 saturated carbocycles. The second kappa shape index (κ2) is 4.81. The maximum absolute atomic E-state index is 13.0. The van der Waals surface area contributed by atoms with E-state index in [0.717, 1.165) is 6.07 Å². The number of benzene rings is 1. The van der Waals surface area contributed by atoms with Gasteiger partial charge in [0.15, 0.2) is 0 Å². The first kappa shape index (κ1) is 12.6. The molecule has 0 aliphatic carbocycles. The van der Waals surface area contributed by atoms with Crippen LogP contribution in [0.2, 0.25) is 0 Å². The smallest absolute Gasteiger partial charge is 0.330 e. The first-order valence-electron chi connectivity index (χ1n) is 5.42. The van der Waals surface area contributed by atoms with Crippen molar-refractivity contribution in [2.24, 2.45) is 5.73 Å². The summed E-state index contributed by atoms with van der Waals surface area (Å²) < 4.78 is 40.2. The summed E-state index contributed by atoms with van der Waals surface area (Å²) in [5.74, 6) is 0. The van der Waals surface area contributed by atoms with E-state index >= 15 is 0 Å². The Morgan fingerprint density at radius 3 is 2.61 bits per heavy atom. The van der Waals surface area contributed by atoms with Crippen LogP contribution in [0.5, 0.6) is 0 Å². The Kier molecular flexibility index (Phi) is 3.38. The minimum absolute atomic E-state index is 0.0215. The van der Waals surface area contributed by atoms with Gasteiger partial charge in [0.05, 0.1) is 11.3 Å². The van der Waals surface area contributed by atoms with Crippen molar-refractivity contribution in [1.82, 2.24) is 9.78 Å². The van der Waals surface area contributed by atoms with Crippen LogP contribution in [0.4, 0.5) is 13.2 Å². The molecule has 1 aromatic heterocycles. The summed E-state index contributed by atoms with van der Waals surface area (Å²) >= 11 is 0. The van der Waals surface area contributed by atoms with Crippen molar-refractivity contribution in [3.8, 4) is 5.69 Å². The van der Waals surface area contributed by atoms with Crippen LogP contribution in [0.3, 0.4) is 0 Å². The predicted molar refractivity (Wildman–Crippen MR) is 61.3 cm³/mol. The van der Waals surface area contributed by atoms with E-state index in [4.69, 9.17) is 5.73 Å². The maximum atomic E-state index is 13.0. The van der Waals surface area contributed by atoms with Gasteiger partial charge in [0, 0.05) is 12.4 Å². The van der Waals surface area contributed by atoms with Crippen LogP contribution in [0.15, 0.2) is 36.7 Å². The van der Waals surface area contributed by atoms with Gasteiger partial charge in [-0.15, -0.1) is 0 Å². The molecule has 2 rings (SSSR count). The van der Waals surface area contributed by atoms with Crippen LogP contribution in [0, 0.1) is 0 Å². The molecule has 0 radical (unpaired) electrons. The number of nitrogens with two attached hydrogens (primary N) is 1. The Morgan fingerprint density at radius 1 is 1.28 bits per heavy atom.